The molecule has 0 radical (unpaired) electrons. The second-order valence-electron chi connectivity index (χ2n) is 6.98. The second-order valence-corrected chi connectivity index (χ2v) is 6.98. The highest BCUT2D eigenvalue weighted by molar-refractivity contribution is 5.82. The molecule has 2 aromatic heterocycles. The maximum atomic E-state index is 9.88. The van der Waals surface area contributed by atoms with Crippen LogP contribution in [0.3, 0.4) is 0 Å². The Labute approximate surface area is 142 Å². The lowest BCUT2D eigenvalue weighted by Gasteiger charge is -2.16. The van der Waals surface area contributed by atoms with Gasteiger partial charge >= 0.3 is 0 Å². The first-order valence-corrected chi connectivity index (χ1v) is 9.04. The molecule has 2 N–H and O–H groups in total. The molecule has 126 valence electrons. The molecule has 0 bridgehead atoms. The summed E-state index contributed by atoms with van der Waals surface area (Å²) in [5.74, 6) is 0.535. The van der Waals surface area contributed by atoms with Crippen molar-refractivity contribution in [3.05, 3.63) is 54.2 Å². The van der Waals surface area contributed by atoms with E-state index in [0.717, 1.165) is 45.1 Å². The van der Waals surface area contributed by atoms with Crippen molar-refractivity contribution in [2.75, 3.05) is 0 Å². The van der Waals surface area contributed by atoms with Gasteiger partial charge in [0.2, 0.25) is 0 Å². The average Bonchev–Trinajstić information content (AvgIpc) is 3.17. The highest BCUT2D eigenvalue weighted by Crippen LogP contribution is 2.31. The Morgan fingerprint density at radius 3 is 3.04 bits per heavy atom. The molecule has 0 spiro atoms. The summed E-state index contributed by atoms with van der Waals surface area (Å²) >= 11 is 0. The Balaban J connectivity index is 1.49. The third-order valence-corrected chi connectivity index (χ3v) is 5.40. The molecular weight excluding hydrogens is 298 g/mol. The minimum atomic E-state index is -0.113. The number of benzene rings is 1. The number of aromatic amines is 1. The van der Waals surface area contributed by atoms with Crippen molar-refractivity contribution in [2.45, 2.75) is 57.1 Å². The number of aliphatic hydroxyl groups is 1. The second kappa shape index (κ2) is 6.81. The maximum absolute atomic E-state index is 9.88. The Morgan fingerprint density at radius 1 is 1.17 bits per heavy atom. The topological polar surface area (TPSA) is 53.8 Å². The van der Waals surface area contributed by atoms with Crippen LogP contribution in [-0.4, -0.2) is 25.7 Å². The van der Waals surface area contributed by atoms with Crippen molar-refractivity contribution in [2.24, 2.45) is 0 Å². The predicted molar refractivity (Wildman–Crippen MR) is 96.1 cm³/mol. The van der Waals surface area contributed by atoms with Crippen molar-refractivity contribution in [1.82, 2.24) is 14.5 Å². The fraction of sp³-hybridized carbons (Fsp3) is 0.450. The lowest BCUT2D eigenvalue weighted by atomic mass is 9.97. The third-order valence-electron chi connectivity index (χ3n) is 5.40. The summed E-state index contributed by atoms with van der Waals surface area (Å²) in [6, 6.07) is 8.47. The molecule has 4 rings (SSSR count). The van der Waals surface area contributed by atoms with Crippen LogP contribution in [0.2, 0.25) is 0 Å². The number of aromatic nitrogens is 3. The van der Waals surface area contributed by atoms with Crippen LogP contribution in [0.5, 0.6) is 0 Å². The highest BCUT2D eigenvalue weighted by Gasteiger charge is 2.21. The molecule has 0 amide bonds. The Bertz CT molecular complexity index is 804. The van der Waals surface area contributed by atoms with Crippen LogP contribution in [0.25, 0.3) is 10.9 Å². The summed E-state index contributed by atoms with van der Waals surface area (Å²) in [4.78, 5) is 7.76. The van der Waals surface area contributed by atoms with Crippen LogP contribution in [0, 0.1) is 0 Å². The summed E-state index contributed by atoms with van der Waals surface area (Å²) in [6.45, 7) is 0.955. The number of imidazole rings is 1. The predicted octanol–water partition coefficient (Wildman–Crippen LogP) is 4.02. The van der Waals surface area contributed by atoms with E-state index >= 15 is 0 Å². The number of hydrogen-bond donors (Lipinski definition) is 2. The molecule has 2 heterocycles. The number of H-pyrrole nitrogens is 1. The first-order chi connectivity index (χ1) is 11.8. The average molecular weight is 323 g/mol. The molecule has 2 atom stereocenters. The quantitative estimate of drug-likeness (QED) is 0.713. The lowest BCUT2D eigenvalue weighted by molar-refractivity contribution is 0.157. The molecule has 1 aromatic carbocycles. The summed E-state index contributed by atoms with van der Waals surface area (Å²) in [5.41, 5.74) is 3.90. The molecule has 1 saturated carbocycles. The van der Waals surface area contributed by atoms with Gasteiger partial charge in [0.15, 0.2) is 0 Å². The van der Waals surface area contributed by atoms with E-state index in [-0.39, 0.29) is 6.10 Å². The fourth-order valence-corrected chi connectivity index (χ4v) is 4.01. The summed E-state index contributed by atoms with van der Waals surface area (Å²) in [6.07, 6.45) is 12.2. The number of rotatable bonds is 4. The van der Waals surface area contributed by atoms with E-state index in [9.17, 15) is 5.11 Å². The van der Waals surface area contributed by atoms with Gasteiger partial charge in [-0.05, 0) is 43.7 Å². The van der Waals surface area contributed by atoms with Gasteiger partial charge in [-0.1, -0.05) is 24.6 Å². The number of aliphatic hydroxyl groups excluding tert-OH is 1. The summed E-state index contributed by atoms with van der Waals surface area (Å²) in [5, 5.41) is 11.2. The van der Waals surface area contributed by atoms with Crippen LogP contribution in [0.4, 0.5) is 0 Å². The van der Waals surface area contributed by atoms with Gasteiger partial charge in [-0.15, -0.1) is 0 Å². The lowest BCUT2D eigenvalue weighted by Crippen LogP contribution is -2.09. The minimum absolute atomic E-state index is 0.113. The van der Waals surface area contributed by atoms with Gasteiger partial charge < -0.3 is 14.7 Å². The molecule has 1 aliphatic rings. The minimum Gasteiger partial charge on any atom is -0.393 e. The molecular formula is C20H25N3O. The molecule has 1 fully saturated rings. The molecule has 24 heavy (non-hydrogen) atoms. The van der Waals surface area contributed by atoms with E-state index in [4.69, 9.17) is 0 Å². The van der Waals surface area contributed by atoms with E-state index < -0.39 is 0 Å². The Hall–Kier alpha value is -2.07. The summed E-state index contributed by atoms with van der Waals surface area (Å²) < 4.78 is 2.31. The third kappa shape index (κ3) is 3.11. The van der Waals surface area contributed by atoms with Crippen molar-refractivity contribution >= 4 is 10.9 Å². The van der Waals surface area contributed by atoms with Crippen LogP contribution in [-0.2, 0) is 13.0 Å². The zero-order valence-corrected chi connectivity index (χ0v) is 14.0. The number of nitrogens with zero attached hydrogens (tertiary/aromatic N) is 2. The molecule has 0 saturated heterocycles. The van der Waals surface area contributed by atoms with Gasteiger partial charge in [-0.25, -0.2) is 4.98 Å². The molecule has 4 heteroatoms. The van der Waals surface area contributed by atoms with Crippen LogP contribution in [0.1, 0.15) is 49.3 Å². The molecule has 0 aliphatic heterocycles. The van der Waals surface area contributed by atoms with E-state index in [2.05, 4.69) is 45.0 Å². The van der Waals surface area contributed by atoms with Gasteiger partial charge in [-0.2, -0.15) is 0 Å². The van der Waals surface area contributed by atoms with E-state index in [1.165, 1.54) is 22.2 Å². The van der Waals surface area contributed by atoms with E-state index in [1.807, 2.05) is 12.5 Å². The standard InChI is InChI=1S/C20H25N3O/c24-17-5-3-4-15(8-9-17)20-13-21-14-23(20)11-10-16-12-22-19-7-2-1-6-18(16)19/h1-2,6-7,12-15,17,22,24H,3-5,8-11H2. The zero-order chi connectivity index (χ0) is 16.4. The Morgan fingerprint density at radius 2 is 2.08 bits per heavy atom. The Kier molecular flexibility index (Phi) is 4.39. The number of para-hydroxylation sites is 1. The van der Waals surface area contributed by atoms with Gasteiger partial charge in [0.1, 0.15) is 0 Å². The largest absolute Gasteiger partial charge is 0.393 e. The van der Waals surface area contributed by atoms with Crippen molar-refractivity contribution in [1.29, 1.82) is 0 Å². The van der Waals surface area contributed by atoms with Crippen molar-refractivity contribution in [3.63, 3.8) is 0 Å². The van der Waals surface area contributed by atoms with Gasteiger partial charge in [0.25, 0.3) is 0 Å². The number of hydrogen-bond acceptors (Lipinski definition) is 2. The smallest absolute Gasteiger partial charge is 0.0948 e. The highest BCUT2D eigenvalue weighted by atomic mass is 16.3. The molecule has 1 aliphatic carbocycles. The van der Waals surface area contributed by atoms with Gasteiger partial charge in [-0.3, -0.25) is 0 Å². The first-order valence-electron chi connectivity index (χ1n) is 9.04. The van der Waals surface area contributed by atoms with E-state index in [1.54, 1.807) is 0 Å². The molecule has 4 nitrogen and oxygen atoms in total. The first kappa shape index (κ1) is 15.5. The SMILES string of the molecule is OC1CCCC(c2cncn2CCc2c[nH]c3ccccc23)CC1. The van der Waals surface area contributed by atoms with Crippen LogP contribution < -0.4 is 0 Å². The normalized spacial score (nSPS) is 21.9. The molecule has 3 aromatic rings. The van der Waals surface area contributed by atoms with Crippen LogP contribution >= 0.6 is 0 Å². The van der Waals surface area contributed by atoms with Crippen molar-refractivity contribution < 1.29 is 5.11 Å². The summed E-state index contributed by atoms with van der Waals surface area (Å²) in [7, 11) is 0. The van der Waals surface area contributed by atoms with Gasteiger partial charge in [0, 0.05) is 41.5 Å². The van der Waals surface area contributed by atoms with Gasteiger partial charge in [0.05, 0.1) is 12.4 Å². The van der Waals surface area contributed by atoms with Crippen molar-refractivity contribution in [3.8, 4) is 0 Å². The van der Waals surface area contributed by atoms with E-state index in [0.29, 0.717) is 5.92 Å². The van der Waals surface area contributed by atoms with Crippen LogP contribution in [0.15, 0.2) is 43.0 Å². The fourth-order valence-electron chi connectivity index (χ4n) is 4.01. The molecule has 2 unspecified atom stereocenters. The number of fused-ring (bicyclic) bond motifs is 1. The maximum Gasteiger partial charge on any atom is 0.0948 e. The number of aryl methyl sites for hydroxylation is 2. The zero-order valence-electron chi connectivity index (χ0n) is 14.0. The monoisotopic (exact) mass is 323 g/mol. The number of nitrogens with one attached hydrogen (secondary N) is 1.